The van der Waals surface area contributed by atoms with Gasteiger partial charge in [-0.15, -0.1) is 5.06 Å². The van der Waals surface area contributed by atoms with Crippen molar-refractivity contribution in [2.24, 2.45) is 0 Å². The molecule has 1 aliphatic rings. The lowest BCUT2D eigenvalue weighted by Crippen LogP contribution is -2.32. The summed E-state index contributed by atoms with van der Waals surface area (Å²) in [4.78, 5) is 39.9. The number of imide groups is 1. The van der Waals surface area contributed by atoms with Crippen molar-refractivity contribution in [2.75, 3.05) is 6.61 Å². The fourth-order valence-electron chi connectivity index (χ4n) is 1.79. The predicted molar refractivity (Wildman–Crippen MR) is 76.4 cm³/mol. The van der Waals surface area contributed by atoms with Crippen LogP contribution in [-0.4, -0.2) is 29.5 Å². The van der Waals surface area contributed by atoms with Gasteiger partial charge in [-0.3, -0.25) is 9.59 Å². The molecule has 0 spiro atoms. The van der Waals surface area contributed by atoms with Crippen LogP contribution < -0.4 is 4.74 Å². The van der Waals surface area contributed by atoms with E-state index in [4.69, 9.17) is 9.57 Å². The summed E-state index contributed by atoms with van der Waals surface area (Å²) in [5.74, 6) is -1.48. The Balaban J connectivity index is 2.18. The Morgan fingerprint density at radius 3 is 2.57 bits per heavy atom. The van der Waals surface area contributed by atoms with Gasteiger partial charge in [0, 0.05) is 17.3 Å². The molecule has 1 heterocycles. The number of ether oxygens (including phenoxy) is 1. The Morgan fingerprint density at radius 1 is 1.29 bits per heavy atom. The number of rotatable bonds is 5. The summed E-state index contributed by atoms with van der Waals surface area (Å²) in [5, 5.41) is 0.522. The van der Waals surface area contributed by atoms with E-state index in [1.165, 1.54) is 6.07 Å². The minimum atomic E-state index is -0.794. The highest BCUT2D eigenvalue weighted by Crippen LogP contribution is 2.25. The van der Waals surface area contributed by atoms with E-state index < -0.39 is 17.8 Å². The monoisotopic (exact) mass is 355 g/mol. The van der Waals surface area contributed by atoms with E-state index in [-0.39, 0.29) is 18.4 Å². The van der Waals surface area contributed by atoms with Gasteiger partial charge in [-0.05, 0) is 24.6 Å². The molecule has 0 atom stereocenters. The van der Waals surface area contributed by atoms with Gasteiger partial charge in [0.05, 0.1) is 6.61 Å². The summed E-state index contributed by atoms with van der Waals surface area (Å²) >= 11 is 3.29. The average molecular weight is 356 g/mol. The fourth-order valence-corrected chi connectivity index (χ4v) is 2.13. The van der Waals surface area contributed by atoms with E-state index in [2.05, 4.69) is 15.9 Å². The maximum atomic E-state index is 12.1. The largest absolute Gasteiger partial charge is 0.493 e. The van der Waals surface area contributed by atoms with Gasteiger partial charge in [0.25, 0.3) is 11.8 Å². The first kappa shape index (κ1) is 15.5. The van der Waals surface area contributed by atoms with Crippen LogP contribution in [0.2, 0.25) is 0 Å². The number of carbonyl (C=O) groups is 3. The van der Waals surface area contributed by atoms with Crippen LogP contribution in [0.3, 0.4) is 0 Å². The van der Waals surface area contributed by atoms with Crippen molar-refractivity contribution in [1.82, 2.24) is 5.06 Å². The molecule has 0 aliphatic carbocycles. The van der Waals surface area contributed by atoms with Gasteiger partial charge < -0.3 is 9.57 Å². The average Bonchev–Trinajstić information content (AvgIpc) is 2.77. The number of hydroxylamine groups is 2. The zero-order chi connectivity index (χ0) is 15.4. The van der Waals surface area contributed by atoms with E-state index >= 15 is 0 Å². The van der Waals surface area contributed by atoms with E-state index in [9.17, 15) is 14.4 Å². The SMILES string of the molecule is CCCOc1cc(Br)ccc1C(=O)ON1C(=O)CCC1=O. The fraction of sp³-hybridized carbons (Fsp3) is 0.357. The maximum absolute atomic E-state index is 12.1. The third kappa shape index (κ3) is 3.60. The van der Waals surface area contributed by atoms with Gasteiger partial charge in [0.15, 0.2) is 0 Å². The van der Waals surface area contributed by atoms with Crippen molar-refractivity contribution in [2.45, 2.75) is 26.2 Å². The highest BCUT2D eigenvalue weighted by Gasteiger charge is 2.33. The molecule has 21 heavy (non-hydrogen) atoms. The number of nitrogens with zero attached hydrogens (tertiary/aromatic N) is 1. The molecular weight excluding hydrogens is 342 g/mol. The van der Waals surface area contributed by atoms with Crippen LogP contribution in [0.4, 0.5) is 0 Å². The molecule has 7 heteroatoms. The maximum Gasteiger partial charge on any atom is 0.367 e. The highest BCUT2D eigenvalue weighted by molar-refractivity contribution is 9.10. The van der Waals surface area contributed by atoms with Crippen LogP contribution >= 0.6 is 15.9 Å². The number of hydrogen-bond donors (Lipinski definition) is 0. The van der Waals surface area contributed by atoms with Crippen molar-refractivity contribution in [3.05, 3.63) is 28.2 Å². The minimum Gasteiger partial charge on any atom is -0.493 e. The molecule has 0 unspecified atom stereocenters. The van der Waals surface area contributed by atoms with Crippen molar-refractivity contribution < 1.29 is 24.0 Å². The summed E-state index contributed by atoms with van der Waals surface area (Å²) in [5.41, 5.74) is 0.166. The van der Waals surface area contributed by atoms with Crippen LogP contribution in [0, 0.1) is 0 Å². The third-order valence-electron chi connectivity index (χ3n) is 2.81. The summed E-state index contributed by atoms with van der Waals surface area (Å²) in [6.07, 6.45) is 0.904. The van der Waals surface area contributed by atoms with Crippen molar-refractivity contribution in [3.8, 4) is 5.75 Å². The van der Waals surface area contributed by atoms with Crippen LogP contribution in [0.25, 0.3) is 0 Å². The normalized spacial score (nSPS) is 14.5. The van der Waals surface area contributed by atoms with Gasteiger partial charge in [0.2, 0.25) is 0 Å². The van der Waals surface area contributed by atoms with Gasteiger partial charge in [-0.25, -0.2) is 4.79 Å². The molecule has 1 aromatic carbocycles. The molecule has 0 radical (unpaired) electrons. The Bertz CT molecular complexity index is 571. The highest BCUT2D eigenvalue weighted by atomic mass is 79.9. The first-order chi connectivity index (χ1) is 10.0. The zero-order valence-corrected chi connectivity index (χ0v) is 13.0. The second kappa shape index (κ2) is 6.71. The number of benzene rings is 1. The smallest absolute Gasteiger partial charge is 0.367 e. The van der Waals surface area contributed by atoms with Gasteiger partial charge >= 0.3 is 5.97 Å². The minimum absolute atomic E-state index is 0.0612. The van der Waals surface area contributed by atoms with Gasteiger partial charge in [-0.1, -0.05) is 22.9 Å². The second-order valence-electron chi connectivity index (χ2n) is 4.45. The van der Waals surface area contributed by atoms with Crippen molar-refractivity contribution in [3.63, 3.8) is 0 Å². The van der Waals surface area contributed by atoms with Crippen LogP contribution in [0.15, 0.2) is 22.7 Å². The molecule has 1 aliphatic heterocycles. The second-order valence-corrected chi connectivity index (χ2v) is 5.37. The lowest BCUT2D eigenvalue weighted by atomic mass is 10.2. The van der Waals surface area contributed by atoms with Crippen LogP contribution in [-0.2, 0) is 14.4 Å². The molecule has 0 N–H and O–H groups in total. The topological polar surface area (TPSA) is 72.9 Å². The first-order valence-electron chi connectivity index (χ1n) is 6.53. The summed E-state index contributed by atoms with van der Waals surface area (Å²) in [7, 11) is 0. The number of hydrogen-bond acceptors (Lipinski definition) is 5. The Morgan fingerprint density at radius 2 is 1.95 bits per heavy atom. The van der Waals surface area contributed by atoms with Crippen LogP contribution in [0.1, 0.15) is 36.5 Å². The number of carbonyl (C=O) groups excluding carboxylic acids is 3. The molecular formula is C14H14BrNO5. The zero-order valence-electron chi connectivity index (χ0n) is 11.4. The quantitative estimate of drug-likeness (QED) is 0.758. The molecule has 1 aromatic rings. The standard InChI is InChI=1S/C14H14BrNO5/c1-2-7-20-11-8-9(15)3-4-10(11)14(19)21-16-12(17)5-6-13(16)18/h3-4,8H,2,5-7H2,1H3. The molecule has 1 saturated heterocycles. The molecule has 0 aromatic heterocycles. The lowest BCUT2D eigenvalue weighted by molar-refractivity contribution is -0.172. The van der Waals surface area contributed by atoms with Gasteiger partial charge in [0.1, 0.15) is 11.3 Å². The van der Waals surface area contributed by atoms with E-state index in [0.717, 1.165) is 10.9 Å². The Labute approximate surface area is 130 Å². The van der Waals surface area contributed by atoms with E-state index in [1.54, 1.807) is 12.1 Å². The number of amides is 2. The lowest BCUT2D eigenvalue weighted by Gasteiger charge is -2.15. The molecule has 0 saturated carbocycles. The molecule has 6 nitrogen and oxygen atoms in total. The van der Waals surface area contributed by atoms with Crippen LogP contribution in [0.5, 0.6) is 5.75 Å². The first-order valence-corrected chi connectivity index (χ1v) is 7.32. The summed E-state index contributed by atoms with van der Waals surface area (Å²) < 4.78 is 6.24. The molecule has 0 bridgehead atoms. The summed E-state index contributed by atoms with van der Waals surface area (Å²) in [6, 6.07) is 4.81. The Hall–Kier alpha value is -1.89. The summed E-state index contributed by atoms with van der Waals surface area (Å²) in [6.45, 7) is 2.38. The molecule has 2 rings (SSSR count). The van der Waals surface area contributed by atoms with Crippen molar-refractivity contribution >= 4 is 33.7 Å². The van der Waals surface area contributed by atoms with E-state index in [1.807, 2.05) is 6.92 Å². The molecule has 2 amide bonds. The number of halogens is 1. The van der Waals surface area contributed by atoms with E-state index in [0.29, 0.717) is 17.4 Å². The molecule has 112 valence electrons. The Kier molecular flexibility index (Phi) is 4.95. The third-order valence-corrected chi connectivity index (χ3v) is 3.30. The van der Waals surface area contributed by atoms with Crippen molar-refractivity contribution in [1.29, 1.82) is 0 Å². The predicted octanol–water partition coefficient (Wildman–Crippen LogP) is 2.46. The van der Waals surface area contributed by atoms with Gasteiger partial charge in [-0.2, -0.15) is 0 Å². The molecule has 1 fully saturated rings.